The number of halogens is 1. The third-order valence-electron chi connectivity index (χ3n) is 0.675. The first-order chi connectivity index (χ1) is 3.83. The number of nitrogens with zero attached hydrogens (tertiary/aromatic N) is 1. The molecule has 43 valence electrons. The van der Waals surface area contributed by atoms with Crippen LogP contribution in [-0.4, -0.2) is 4.98 Å². The molecule has 0 aliphatic carbocycles. The van der Waals surface area contributed by atoms with E-state index in [0.717, 1.165) is 5.01 Å². The summed E-state index contributed by atoms with van der Waals surface area (Å²) < 4.78 is 0. The second-order valence-electron chi connectivity index (χ2n) is 1.24. The summed E-state index contributed by atoms with van der Waals surface area (Å²) in [6.45, 7) is 0.234. The molecule has 4 heteroatoms. The van der Waals surface area contributed by atoms with E-state index < -0.39 is 0 Å². The van der Waals surface area contributed by atoms with Crippen LogP contribution in [0.15, 0.2) is 5.38 Å². The highest BCUT2D eigenvalue weighted by Gasteiger charge is 1.93. The molecule has 0 aliphatic heterocycles. The molecule has 0 atom stereocenters. The molecule has 1 heterocycles. The van der Waals surface area contributed by atoms with Gasteiger partial charge in [0.25, 0.3) is 0 Å². The zero-order valence-electron chi connectivity index (χ0n) is 4.02. The van der Waals surface area contributed by atoms with E-state index in [4.69, 9.17) is 17.3 Å². The average molecular weight is 148 g/mol. The summed E-state index contributed by atoms with van der Waals surface area (Å²) in [7, 11) is 0. The standard InChI is InChI=1S/C4H4ClN2S/c5-3-2-8-4(1-6)7-3/h2,6H,1H2. The maximum Gasteiger partial charge on any atom is 0.140 e. The van der Waals surface area contributed by atoms with E-state index in [1.54, 1.807) is 5.38 Å². The fraction of sp³-hybridized carbons (Fsp3) is 0.250. The van der Waals surface area contributed by atoms with Crippen molar-refractivity contribution in [2.45, 2.75) is 6.54 Å². The topological polar surface area (TPSA) is 36.7 Å². The Morgan fingerprint density at radius 2 is 2.62 bits per heavy atom. The Labute approximate surface area is 56.3 Å². The summed E-state index contributed by atoms with van der Waals surface area (Å²) in [5, 5.41) is 3.00. The predicted octanol–water partition coefficient (Wildman–Crippen LogP) is 1.58. The molecular formula is C4H4ClN2S. The van der Waals surface area contributed by atoms with Crippen LogP contribution in [0, 0.1) is 0 Å². The molecule has 0 saturated carbocycles. The Morgan fingerprint density at radius 3 is 2.88 bits per heavy atom. The Morgan fingerprint density at radius 1 is 1.88 bits per heavy atom. The van der Waals surface area contributed by atoms with E-state index in [0.29, 0.717) is 5.15 Å². The molecule has 0 aliphatic rings. The smallest absolute Gasteiger partial charge is 0.140 e. The minimum atomic E-state index is 0.234. The number of rotatable bonds is 1. The number of hydrogen-bond acceptors (Lipinski definition) is 2. The van der Waals surface area contributed by atoms with Crippen molar-refractivity contribution in [3.8, 4) is 0 Å². The fourth-order valence-electron chi connectivity index (χ4n) is 0.370. The summed E-state index contributed by atoms with van der Waals surface area (Å²) in [6.07, 6.45) is 0. The van der Waals surface area contributed by atoms with Crippen molar-refractivity contribution in [1.82, 2.24) is 10.7 Å². The van der Waals surface area contributed by atoms with Crippen LogP contribution < -0.4 is 5.73 Å². The van der Waals surface area contributed by atoms with Gasteiger partial charge in [-0.05, 0) is 0 Å². The first-order valence-corrected chi connectivity index (χ1v) is 3.33. The predicted molar refractivity (Wildman–Crippen MR) is 33.9 cm³/mol. The van der Waals surface area contributed by atoms with Crippen LogP contribution >= 0.6 is 22.9 Å². The van der Waals surface area contributed by atoms with Gasteiger partial charge in [0.15, 0.2) is 0 Å². The van der Waals surface area contributed by atoms with E-state index in [1.165, 1.54) is 11.3 Å². The Balaban J connectivity index is 2.84. The average Bonchev–Trinajstić information content (AvgIpc) is 2.14. The van der Waals surface area contributed by atoms with Gasteiger partial charge in [-0.3, -0.25) is 5.73 Å². The van der Waals surface area contributed by atoms with Gasteiger partial charge in [0.2, 0.25) is 0 Å². The van der Waals surface area contributed by atoms with Crippen molar-refractivity contribution in [3.63, 3.8) is 0 Å². The van der Waals surface area contributed by atoms with Gasteiger partial charge in [0.05, 0.1) is 6.54 Å². The van der Waals surface area contributed by atoms with Crippen molar-refractivity contribution < 1.29 is 0 Å². The van der Waals surface area contributed by atoms with Gasteiger partial charge < -0.3 is 0 Å². The Bertz CT molecular complexity index is 174. The van der Waals surface area contributed by atoms with Crippen LogP contribution in [0.5, 0.6) is 0 Å². The number of hydrogen-bond donors (Lipinski definition) is 0. The van der Waals surface area contributed by atoms with Gasteiger partial charge >= 0.3 is 0 Å². The lowest BCUT2D eigenvalue weighted by Crippen LogP contribution is -1.79. The Hall–Kier alpha value is -0.120. The van der Waals surface area contributed by atoms with Crippen LogP contribution in [0.4, 0.5) is 0 Å². The second kappa shape index (κ2) is 2.44. The summed E-state index contributed by atoms with van der Waals surface area (Å²) >= 11 is 6.87. The van der Waals surface area contributed by atoms with Crippen molar-refractivity contribution in [2.75, 3.05) is 0 Å². The third kappa shape index (κ3) is 1.18. The zero-order chi connectivity index (χ0) is 5.98. The molecular weight excluding hydrogens is 144 g/mol. The van der Waals surface area contributed by atoms with Crippen LogP contribution in [0.25, 0.3) is 0 Å². The number of thiazole rings is 1. The van der Waals surface area contributed by atoms with Crippen molar-refractivity contribution >= 4 is 22.9 Å². The number of aromatic nitrogens is 1. The van der Waals surface area contributed by atoms with Gasteiger partial charge in [-0.2, -0.15) is 0 Å². The van der Waals surface area contributed by atoms with Gasteiger partial charge in [-0.25, -0.2) is 4.98 Å². The van der Waals surface area contributed by atoms with Crippen LogP contribution in [0.3, 0.4) is 0 Å². The first-order valence-electron chi connectivity index (χ1n) is 2.07. The summed E-state index contributed by atoms with van der Waals surface area (Å²) in [6, 6.07) is 0. The maximum atomic E-state index is 6.85. The normalized spacial score (nSPS) is 9.75. The molecule has 1 aromatic rings. The lowest BCUT2D eigenvalue weighted by Gasteiger charge is -1.78. The highest BCUT2D eigenvalue weighted by molar-refractivity contribution is 7.10. The van der Waals surface area contributed by atoms with Crippen LogP contribution in [-0.2, 0) is 6.54 Å². The molecule has 2 nitrogen and oxygen atoms in total. The largest absolute Gasteiger partial charge is 0.251 e. The van der Waals surface area contributed by atoms with Gasteiger partial charge in [0.1, 0.15) is 10.2 Å². The SMILES string of the molecule is [NH]Cc1nc(Cl)cs1. The lowest BCUT2D eigenvalue weighted by atomic mass is 10.7. The highest BCUT2D eigenvalue weighted by Crippen LogP contribution is 2.12. The molecule has 1 radical (unpaired) electrons. The van der Waals surface area contributed by atoms with E-state index in [2.05, 4.69) is 4.98 Å². The molecule has 1 rings (SSSR count). The molecule has 0 bridgehead atoms. The molecule has 0 unspecified atom stereocenters. The Kier molecular flexibility index (Phi) is 1.83. The van der Waals surface area contributed by atoms with Gasteiger partial charge in [-0.15, -0.1) is 11.3 Å². The molecule has 0 aromatic carbocycles. The molecule has 0 spiro atoms. The van der Waals surface area contributed by atoms with Crippen LogP contribution in [0.1, 0.15) is 5.01 Å². The molecule has 0 amide bonds. The van der Waals surface area contributed by atoms with Gasteiger partial charge in [0, 0.05) is 5.38 Å². The maximum absolute atomic E-state index is 6.85. The molecule has 8 heavy (non-hydrogen) atoms. The fourth-order valence-corrected chi connectivity index (χ4v) is 1.18. The molecule has 0 saturated heterocycles. The monoisotopic (exact) mass is 147 g/mol. The van der Waals surface area contributed by atoms with E-state index in [-0.39, 0.29) is 6.54 Å². The molecule has 0 fully saturated rings. The summed E-state index contributed by atoms with van der Waals surface area (Å²) in [4.78, 5) is 3.83. The quantitative estimate of drug-likeness (QED) is 0.594. The lowest BCUT2D eigenvalue weighted by molar-refractivity contribution is 1.00. The van der Waals surface area contributed by atoms with Gasteiger partial charge in [-0.1, -0.05) is 11.6 Å². The third-order valence-corrected chi connectivity index (χ3v) is 1.85. The summed E-state index contributed by atoms with van der Waals surface area (Å²) in [5.74, 6) is 0. The second-order valence-corrected chi connectivity index (χ2v) is 2.57. The molecule has 1 aromatic heterocycles. The van der Waals surface area contributed by atoms with E-state index in [1.807, 2.05) is 0 Å². The minimum Gasteiger partial charge on any atom is -0.251 e. The van der Waals surface area contributed by atoms with Crippen molar-refractivity contribution in [2.24, 2.45) is 0 Å². The highest BCUT2D eigenvalue weighted by atomic mass is 35.5. The van der Waals surface area contributed by atoms with Crippen molar-refractivity contribution in [3.05, 3.63) is 15.5 Å². The summed E-state index contributed by atoms with van der Waals surface area (Å²) in [5.41, 5.74) is 6.85. The van der Waals surface area contributed by atoms with Crippen LogP contribution in [0.2, 0.25) is 5.15 Å². The van der Waals surface area contributed by atoms with E-state index >= 15 is 0 Å². The van der Waals surface area contributed by atoms with E-state index in [9.17, 15) is 0 Å². The number of nitrogens with one attached hydrogen (secondary N) is 1. The van der Waals surface area contributed by atoms with Crippen molar-refractivity contribution in [1.29, 1.82) is 0 Å². The zero-order valence-corrected chi connectivity index (χ0v) is 5.59. The molecule has 1 N–H and O–H groups in total. The first kappa shape index (κ1) is 6.01. The minimum absolute atomic E-state index is 0.234.